The Morgan fingerprint density at radius 2 is 2.00 bits per heavy atom. The van der Waals surface area contributed by atoms with Gasteiger partial charge >= 0.3 is 5.69 Å². The maximum Gasteiger partial charge on any atom is 0.330 e. The standard InChI is InChI=1S/C17H17FN4O4/c1-3-13(23)22-12(9-4-6-10(18)7-5-9)8-11(20-22)14-15(24)19-17(26)21(2)16(14)25/h4-7,12,25H,3,8H2,1-2H3,(H,19,24,26). The molecule has 9 heteroatoms. The average molecular weight is 360 g/mol. The third kappa shape index (κ3) is 2.92. The molecule has 1 aliphatic heterocycles. The Balaban J connectivity index is 2.09. The maximum absolute atomic E-state index is 13.2. The highest BCUT2D eigenvalue weighted by atomic mass is 19.1. The van der Waals surface area contributed by atoms with E-state index < -0.39 is 29.0 Å². The van der Waals surface area contributed by atoms with Gasteiger partial charge in [0.1, 0.15) is 11.4 Å². The second-order valence-corrected chi connectivity index (χ2v) is 5.93. The third-order valence-corrected chi connectivity index (χ3v) is 4.31. The molecule has 1 unspecified atom stereocenters. The van der Waals surface area contributed by atoms with Crippen LogP contribution in [0.2, 0.25) is 0 Å². The van der Waals surface area contributed by atoms with Gasteiger partial charge in [0.15, 0.2) is 0 Å². The van der Waals surface area contributed by atoms with Crippen molar-refractivity contribution in [3.05, 3.63) is 62.0 Å². The molecule has 0 radical (unpaired) electrons. The highest BCUT2D eigenvalue weighted by Crippen LogP contribution is 2.33. The van der Waals surface area contributed by atoms with Gasteiger partial charge in [-0.1, -0.05) is 19.1 Å². The number of aromatic hydroxyl groups is 1. The van der Waals surface area contributed by atoms with Crippen molar-refractivity contribution in [2.45, 2.75) is 25.8 Å². The van der Waals surface area contributed by atoms with Crippen LogP contribution in [0.25, 0.3) is 0 Å². The van der Waals surface area contributed by atoms with Gasteiger partial charge in [-0.2, -0.15) is 5.10 Å². The van der Waals surface area contributed by atoms with E-state index in [1.807, 2.05) is 0 Å². The van der Waals surface area contributed by atoms with E-state index in [0.717, 1.165) is 4.57 Å². The number of halogens is 1. The summed E-state index contributed by atoms with van der Waals surface area (Å²) in [5.74, 6) is -1.22. The first-order chi connectivity index (χ1) is 12.3. The van der Waals surface area contributed by atoms with E-state index in [0.29, 0.717) is 5.56 Å². The van der Waals surface area contributed by atoms with E-state index in [4.69, 9.17) is 0 Å². The molecule has 0 saturated carbocycles. The van der Waals surface area contributed by atoms with Gasteiger partial charge in [-0.15, -0.1) is 0 Å². The van der Waals surface area contributed by atoms with Crippen molar-refractivity contribution in [2.75, 3.05) is 0 Å². The number of aromatic nitrogens is 2. The Morgan fingerprint density at radius 1 is 1.35 bits per heavy atom. The monoisotopic (exact) mass is 360 g/mol. The Hall–Kier alpha value is -3.23. The molecule has 1 aromatic carbocycles. The summed E-state index contributed by atoms with van der Waals surface area (Å²) in [6.45, 7) is 1.67. The van der Waals surface area contributed by atoms with E-state index in [1.54, 1.807) is 19.1 Å². The first-order valence-corrected chi connectivity index (χ1v) is 8.01. The first-order valence-electron chi connectivity index (χ1n) is 8.01. The molecule has 0 bridgehead atoms. The molecule has 2 aromatic rings. The van der Waals surface area contributed by atoms with Crippen LogP contribution in [0.3, 0.4) is 0 Å². The number of nitrogens with one attached hydrogen (secondary N) is 1. The highest BCUT2D eigenvalue weighted by Gasteiger charge is 2.34. The number of benzene rings is 1. The van der Waals surface area contributed by atoms with Gasteiger partial charge in [0.25, 0.3) is 5.56 Å². The van der Waals surface area contributed by atoms with Crippen molar-refractivity contribution in [1.82, 2.24) is 14.6 Å². The van der Waals surface area contributed by atoms with Crippen molar-refractivity contribution in [3.63, 3.8) is 0 Å². The van der Waals surface area contributed by atoms with Crippen LogP contribution in [0, 0.1) is 5.82 Å². The maximum atomic E-state index is 13.2. The number of hydrazone groups is 1. The molecule has 0 saturated heterocycles. The average Bonchev–Trinajstić information content (AvgIpc) is 3.04. The lowest BCUT2D eigenvalue weighted by molar-refractivity contribution is -0.132. The minimum atomic E-state index is -0.784. The van der Waals surface area contributed by atoms with E-state index in [-0.39, 0.29) is 30.0 Å². The van der Waals surface area contributed by atoms with E-state index in [2.05, 4.69) is 10.1 Å². The minimum absolute atomic E-state index is 0.145. The van der Waals surface area contributed by atoms with Gasteiger partial charge in [-0.05, 0) is 17.7 Å². The molecule has 1 aromatic heterocycles. The molecule has 0 spiro atoms. The second-order valence-electron chi connectivity index (χ2n) is 5.93. The molecular formula is C17H17FN4O4. The summed E-state index contributed by atoms with van der Waals surface area (Å²) >= 11 is 0. The lowest BCUT2D eigenvalue weighted by Crippen LogP contribution is -2.32. The van der Waals surface area contributed by atoms with Crippen LogP contribution in [0.1, 0.15) is 36.9 Å². The van der Waals surface area contributed by atoms with Crippen molar-refractivity contribution in [1.29, 1.82) is 0 Å². The fourth-order valence-electron chi connectivity index (χ4n) is 2.87. The fraction of sp³-hybridized carbons (Fsp3) is 0.294. The molecule has 1 amide bonds. The lowest BCUT2D eigenvalue weighted by atomic mass is 9.99. The number of rotatable bonds is 3. The number of H-pyrrole nitrogens is 1. The summed E-state index contributed by atoms with van der Waals surface area (Å²) in [6, 6.07) is 5.10. The number of aromatic amines is 1. The Kier molecular flexibility index (Phi) is 4.45. The van der Waals surface area contributed by atoms with Gasteiger partial charge < -0.3 is 5.11 Å². The number of carbonyl (C=O) groups excluding carboxylic acids is 1. The van der Waals surface area contributed by atoms with Gasteiger partial charge in [-0.25, -0.2) is 14.2 Å². The summed E-state index contributed by atoms with van der Waals surface area (Å²) in [4.78, 5) is 38.1. The van der Waals surface area contributed by atoms with Crippen LogP contribution < -0.4 is 11.2 Å². The summed E-state index contributed by atoms with van der Waals surface area (Å²) in [6.07, 6.45) is 0.330. The summed E-state index contributed by atoms with van der Waals surface area (Å²) in [5.41, 5.74) is -0.881. The SMILES string of the molecule is CCC(=O)N1N=C(c2c(O)n(C)c(=O)[nH]c2=O)CC1c1ccc(F)cc1. The molecule has 136 valence electrons. The van der Waals surface area contributed by atoms with Crippen LogP contribution >= 0.6 is 0 Å². The Morgan fingerprint density at radius 3 is 2.62 bits per heavy atom. The van der Waals surface area contributed by atoms with Gasteiger partial charge in [0.2, 0.25) is 11.8 Å². The van der Waals surface area contributed by atoms with Crippen LogP contribution in [0.5, 0.6) is 5.88 Å². The van der Waals surface area contributed by atoms with Crippen LogP contribution in [0.15, 0.2) is 39.0 Å². The lowest BCUT2D eigenvalue weighted by Gasteiger charge is -2.21. The summed E-state index contributed by atoms with van der Waals surface area (Å²) in [5, 5.41) is 15.6. The number of carbonyl (C=O) groups is 1. The zero-order valence-electron chi connectivity index (χ0n) is 14.2. The van der Waals surface area contributed by atoms with Gasteiger partial charge in [0.05, 0.1) is 11.8 Å². The summed E-state index contributed by atoms with van der Waals surface area (Å²) in [7, 11) is 1.30. The molecule has 1 aliphatic rings. The normalized spacial score (nSPS) is 16.7. The van der Waals surface area contributed by atoms with Crippen molar-refractivity contribution in [2.24, 2.45) is 12.1 Å². The van der Waals surface area contributed by atoms with E-state index >= 15 is 0 Å². The van der Waals surface area contributed by atoms with Crippen molar-refractivity contribution >= 4 is 11.6 Å². The zero-order chi connectivity index (χ0) is 19.0. The molecule has 3 rings (SSSR count). The molecule has 26 heavy (non-hydrogen) atoms. The number of nitrogens with zero attached hydrogens (tertiary/aromatic N) is 3. The highest BCUT2D eigenvalue weighted by molar-refractivity contribution is 6.04. The molecule has 0 aliphatic carbocycles. The molecular weight excluding hydrogens is 343 g/mol. The fourth-order valence-corrected chi connectivity index (χ4v) is 2.87. The third-order valence-electron chi connectivity index (χ3n) is 4.31. The minimum Gasteiger partial charge on any atom is -0.494 e. The predicted octanol–water partition coefficient (Wildman–Crippen LogP) is 1.01. The van der Waals surface area contributed by atoms with E-state index in [1.165, 1.54) is 24.2 Å². The number of amides is 1. The van der Waals surface area contributed by atoms with Crippen LogP contribution in [-0.2, 0) is 11.8 Å². The predicted molar refractivity (Wildman–Crippen MR) is 91.4 cm³/mol. The zero-order valence-corrected chi connectivity index (χ0v) is 14.2. The second kappa shape index (κ2) is 6.58. The first kappa shape index (κ1) is 17.6. The molecule has 2 heterocycles. The molecule has 1 atom stereocenters. The van der Waals surface area contributed by atoms with Gasteiger partial charge in [0, 0.05) is 19.9 Å². The van der Waals surface area contributed by atoms with Crippen molar-refractivity contribution < 1.29 is 14.3 Å². The summed E-state index contributed by atoms with van der Waals surface area (Å²) < 4.78 is 14.1. The van der Waals surface area contributed by atoms with Crippen LogP contribution in [0.4, 0.5) is 4.39 Å². The Labute approximate surface area is 147 Å². The quantitative estimate of drug-likeness (QED) is 0.851. The Bertz CT molecular complexity index is 1010. The molecule has 8 nitrogen and oxygen atoms in total. The largest absolute Gasteiger partial charge is 0.494 e. The molecule has 2 N–H and O–H groups in total. The topological polar surface area (TPSA) is 108 Å². The van der Waals surface area contributed by atoms with Crippen LogP contribution in [-0.4, -0.2) is 31.3 Å². The number of hydrogen-bond acceptors (Lipinski definition) is 5. The van der Waals surface area contributed by atoms with E-state index in [9.17, 15) is 23.9 Å². The smallest absolute Gasteiger partial charge is 0.330 e. The van der Waals surface area contributed by atoms with Crippen molar-refractivity contribution in [3.8, 4) is 5.88 Å². The number of hydrogen-bond donors (Lipinski definition) is 2. The van der Waals surface area contributed by atoms with Gasteiger partial charge in [-0.3, -0.25) is 19.1 Å². The molecule has 0 fully saturated rings.